The van der Waals surface area contributed by atoms with Crippen molar-refractivity contribution in [3.05, 3.63) is 75.2 Å². The monoisotopic (exact) mass is 922 g/mol. The third-order valence-electron chi connectivity index (χ3n) is 12.7. The highest BCUT2D eigenvalue weighted by atomic mass is 35.5. The zero-order valence-corrected chi connectivity index (χ0v) is 38.6. The van der Waals surface area contributed by atoms with Gasteiger partial charge in [0.15, 0.2) is 0 Å². The molecule has 4 aliphatic rings. The van der Waals surface area contributed by atoms with E-state index in [1.165, 1.54) is 16.2 Å². The lowest BCUT2D eigenvalue weighted by molar-refractivity contribution is -0.140. The minimum Gasteiger partial charge on any atom is -0.496 e. The molecule has 2 aliphatic carbocycles. The number of methoxy groups -OCH3 is 1. The van der Waals surface area contributed by atoms with Gasteiger partial charge in [0.2, 0.25) is 21.8 Å². The smallest absolute Gasteiger partial charge is 0.259 e. The molecule has 0 unspecified atom stereocenters. The molecule has 2 aliphatic heterocycles. The van der Waals surface area contributed by atoms with Gasteiger partial charge in [-0.15, -0.1) is 11.3 Å². The van der Waals surface area contributed by atoms with E-state index in [1.54, 1.807) is 32.2 Å². The number of hydrogen-bond acceptors (Lipinski definition) is 11. The van der Waals surface area contributed by atoms with Crippen LogP contribution in [0.25, 0.3) is 21.6 Å². The van der Waals surface area contributed by atoms with E-state index in [-0.39, 0.29) is 31.2 Å². The quantitative estimate of drug-likeness (QED) is 0.132. The molecule has 2 aromatic heterocycles. The largest absolute Gasteiger partial charge is 0.496 e. The van der Waals surface area contributed by atoms with E-state index in [0.29, 0.717) is 64.1 Å². The van der Waals surface area contributed by atoms with Gasteiger partial charge >= 0.3 is 0 Å². The molecule has 4 aromatic rings. The predicted molar refractivity (Wildman–Crippen MR) is 243 cm³/mol. The number of allylic oxidation sites excluding steroid dienone is 1. The molecule has 1 saturated heterocycles. The topological polar surface area (TPSA) is 169 Å². The van der Waals surface area contributed by atoms with Crippen molar-refractivity contribution in [1.29, 1.82) is 0 Å². The SMILES string of the molecule is COc1ccc2c(O[C@@H]3C[C@H]4C(=O)N[C@]5(C(=O)NS(=O)(=O)C6(C)CC6)C[C@H]5C=CCCCCC[C@H](Nc5cc(Cl)cc(Cl)c5)C(=O)N4C3)cc(-c3nc(C(C)C)cs3)nc2c1C. The van der Waals surface area contributed by atoms with Gasteiger partial charge in [-0.3, -0.25) is 19.1 Å². The summed E-state index contributed by atoms with van der Waals surface area (Å²) in [5.41, 5.74) is 2.09. The number of pyridine rings is 1. The summed E-state index contributed by atoms with van der Waals surface area (Å²) in [7, 11) is -2.39. The number of rotatable bonds is 10. The zero-order valence-electron chi connectivity index (χ0n) is 35.4. The summed E-state index contributed by atoms with van der Waals surface area (Å²) >= 11 is 14.3. The number of carbonyl (C=O) groups excluding carboxylic acids is 3. The number of aromatic nitrogens is 2. The van der Waals surface area contributed by atoms with Gasteiger partial charge in [-0.2, -0.15) is 0 Å². The van der Waals surface area contributed by atoms with Crippen LogP contribution in [0.4, 0.5) is 5.69 Å². The number of fused-ring (bicyclic) bond motifs is 3. The Morgan fingerprint density at radius 2 is 1.81 bits per heavy atom. The number of ether oxygens (including phenoxy) is 2. The molecule has 3 fully saturated rings. The van der Waals surface area contributed by atoms with Gasteiger partial charge in [0.05, 0.1) is 29.6 Å². The summed E-state index contributed by atoms with van der Waals surface area (Å²) < 4.78 is 40.4. The molecule has 62 heavy (non-hydrogen) atoms. The lowest BCUT2D eigenvalue weighted by Crippen LogP contribution is -2.58. The average Bonchev–Trinajstić information content (AvgIpc) is 3.99. The van der Waals surface area contributed by atoms with Crippen molar-refractivity contribution in [2.45, 2.75) is 120 Å². The maximum atomic E-state index is 15.0. The Morgan fingerprint density at radius 3 is 2.50 bits per heavy atom. The van der Waals surface area contributed by atoms with Crippen molar-refractivity contribution in [2.75, 3.05) is 19.0 Å². The van der Waals surface area contributed by atoms with E-state index >= 15 is 0 Å². The number of nitrogens with zero attached hydrogens (tertiary/aromatic N) is 3. The molecular weight excluding hydrogens is 872 g/mol. The van der Waals surface area contributed by atoms with Crippen LogP contribution in [0.1, 0.15) is 95.7 Å². The molecule has 17 heteroatoms. The van der Waals surface area contributed by atoms with E-state index in [2.05, 4.69) is 29.2 Å². The molecule has 330 valence electrons. The Balaban J connectivity index is 1.16. The first-order chi connectivity index (χ1) is 29.5. The van der Waals surface area contributed by atoms with Gasteiger partial charge in [0.25, 0.3) is 5.91 Å². The second kappa shape index (κ2) is 17.3. The highest BCUT2D eigenvalue weighted by Gasteiger charge is 2.63. The standard InChI is InChI=1S/C45H52Cl2N6O7S2/c1-25(2)35-24-61-41(50-35)34-21-38(32-13-14-37(59-5)26(3)39(32)49-34)60-31-20-36-40(54)51-45(43(56)52-62(57,58)44(4)15-16-44)22-27(45)11-9-7-6-8-10-12-33(42(55)53(36)23-31)48-30-18-28(46)17-29(47)19-30/h9,11,13-14,17-19,21,24-25,27,31,33,36,48H,6-8,10,12,15-16,20,22-23H2,1-5H3,(H,51,54)(H,52,56)/t27-,31-,33+,36+,45-/m1/s1. The first-order valence-electron chi connectivity index (χ1n) is 21.2. The molecule has 2 saturated carbocycles. The molecule has 5 atom stereocenters. The van der Waals surface area contributed by atoms with Crippen molar-refractivity contribution >= 4 is 78.9 Å². The van der Waals surface area contributed by atoms with Gasteiger partial charge in [-0.05, 0) is 88.6 Å². The van der Waals surface area contributed by atoms with Crippen LogP contribution in [-0.2, 0) is 24.4 Å². The molecule has 0 bridgehead atoms. The van der Waals surface area contributed by atoms with Crippen molar-refractivity contribution < 1.29 is 32.3 Å². The van der Waals surface area contributed by atoms with E-state index in [9.17, 15) is 22.8 Å². The highest BCUT2D eigenvalue weighted by Crippen LogP contribution is 2.48. The lowest BCUT2D eigenvalue weighted by atomic mass is 10.0. The molecule has 0 radical (unpaired) electrons. The third-order valence-corrected chi connectivity index (χ3v) is 16.2. The Kier molecular flexibility index (Phi) is 12.3. The Hall–Kier alpha value is -4.44. The number of anilines is 1. The van der Waals surface area contributed by atoms with Crippen molar-refractivity contribution in [3.63, 3.8) is 0 Å². The van der Waals surface area contributed by atoms with Crippen molar-refractivity contribution in [1.82, 2.24) is 24.9 Å². The highest BCUT2D eigenvalue weighted by molar-refractivity contribution is 7.91. The number of benzene rings is 2. The minimum atomic E-state index is -4.00. The molecule has 2 aromatic carbocycles. The normalized spacial score (nSPS) is 25.0. The van der Waals surface area contributed by atoms with E-state index < -0.39 is 56.2 Å². The minimum absolute atomic E-state index is 0.0453. The summed E-state index contributed by atoms with van der Waals surface area (Å²) in [6.07, 6.45) is 7.97. The molecular formula is C45H52Cl2N6O7S2. The number of hydrogen-bond donors (Lipinski definition) is 3. The fourth-order valence-electron chi connectivity index (χ4n) is 8.44. The zero-order chi connectivity index (χ0) is 44.1. The lowest BCUT2D eigenvalue weighted by Gasteiger charge is -2.30. The van der Waals surface area contributed by atoms with Crippen LogP contribution in [0.15, 0.2) is 53.9 Å². The number of nitrogens with one attached hydrogen (secondary N) is 3. The van der Waals surface area contributed by atoms with E-state index in [0.717, 1.165) is 40.9 Å². The second-order valence-corrected chi connectivity index (χ2v) is 21.5. The molecule has 4 heterocycles. The van der Waals surface area contributed by atoms with E-state index in [1.807, 2.05) is 42.7 Å². The van der Waals surface area contributed by atoms with Gasteiger partial charge < -0.3 is 25.0 Å². The number of carbonyl (C=O) groups is 3. The molecule has 0 spiro atoms. The second-order valence-electron chi connectivity index (χ2n) is 17.6. The average molecular weight is 924 g/mol. The first-order valence-corrected chi connectivity index (χ1v) is 24.3. The van der Waals surface area contributed by atoms with Crippen molar-refractivity contribution in [2.24, 2.45) is 5.92 Å². The van der Waals surface area contributed by atoms with Gasteiger partial charge in [0.1, 0.15) is 45.9 Å². The maximum absolute atomic E-state index is 15.0. The number of amides is 3. The molecule has 13 nitrogen and oxygen atoms in total. The number of thiazole rings is 1. The Morgan fingerprint density at radius 1 is 1.05 bits per heavy atom. The molecule has 8 rings (SSSR count). The van der Waals surface area contributed by atoms with Crippen LogP contribution in [-0.4, -0.2) is 83.1 Å². The number of halogens is 2. The number of sulfonamides is 1. The fraction of sp³-hybridized carbons (Fsp3) is 0.489. The summed E-state index contributed by atoms with van der Waals surface area (Å²) in [4.78, 5) is 55.2. The predicted octanol–water partition coefficient (Wildman–Crippen LogP) is 8.33. The Labute approximate surface area is 376 Å². The third kappa shape index (κ3) is 8.87. The first kappa shape index (κ1) is 44.2. The van der Waals surface area contributed by atoms with Crippen LogP contribution in [0.3, 0.4) is 0 Å². The van der Waals surface area contributed by atoms with Crippen molar-refractivity contribution in [3.8, 4) is 22.2 Å². The van der Waals surface area contributed by atoms with Crippen LogP contribution in [0.2, 0.25) is 10.0 Å². The summed E-state index contributed by atoms with van der Waals surface area (Å²) in [6, 6.07) is 8.76. The van der Waals surface area contributed by atoms with Gasteiger partial charge in [0, 0.05) is 50.5 Å². The summed E-state index contributed by atoms with van der Waals surface area (Å²) in [5, 5.41) is 10.6. The molecule has 3 N–H and O–H groups in total. The fourth-order valence-corrected chi connectivity index (χ4v) is 11.2. The van der Waals surface area contributed by atoms with Crippen LogP contribution in [0, 0.1) is 12.8 Å². The van der Waals surface area contributed by atoms with Gasteiger partial charge in [-0.1, -0.05) is 62.0 Å². The Bertz CT molecular complexity index is 2540. The molecule has 3 amide bonds. The summed E-state index contributed by atoms with van der Waals surface area (Å²) in [6.45, 7) is 7.75. The van der Waals surface area contributed by atoms with Crippen LogP contribution in [0.5, 0.6) is 11.5 Å². The van der Waals surface area contributed by atoms with E-state index in [4.69, 9.17) is 42.6 Å². The van der Waals surface area contributed by atoms with Crippen LogP contribution >= 0.6 is 34.5 Å². The maximum Gasteiger partial charge on any atom is 0.259 e. The van der Waals surface area contributed by atoms with Gasteiger partial charge in [-0.25, -0.2) is 18.4 Å². The summed E-state index contributed by atoms with van der Waals surface area (Å²) in [5.74, 6) is -0.726. The van der Waals surface area contributed by atoms with Crippen LogP contribution < -0.4 is 24.8 Å². The number of aryl methyl sites for hydroxylation is 1.